The van der Waals surface area contributed by atoms with Crippen LogP contribution in [-0.2, 0) is 11.2 Å². The van der Waals surface area contributed by atoms with Crippen LogP contribution in [-0.4, -0.2) is 41.6 Å². The zero-order valence-electron chi connectivity index (χ0n) is 11.5. The number of urea groups is 1. The van der Waals surface area contributed by atoms with E-state index in [1.165, 1.54) is 5.56 Å². The predicted octanol–water partition coefficient (Wildman–Crippen LogP) is 1.82. The molecule has 1 saturated heterocycles. The van der Waals surface area contributed by atoms with Crippen molar-refractivity contribution in [2.45, 2.75) is 13.3 Å². The number of anilines is 1. The second kappa shape index (κ2) is 4.81. The molecule has 106 valence electrons. The highest BCUT2D eigenvalue weighted by molar-refractivity contribution is 5.94. The number of likely N-dealkylation sites (tertiary alicyclic amines) is 1. The number of benzene rings is 1. The summed E-state index contributed by atoms with van der Waals surface area (Å²) in [4.78, 5) is 26.9. The number of carbonyl (C=O) groups is 2. The van der Waals surface area contributed by atoms with Crippen molar-refractivity contribution in [2.75, 3.05) is 24.5 Å². The number of nitrogens with zero attached hydrogens (tertiary/aromatic N) is 2. The molecule has 0 radical (unpaired) electrons. The third kappa shape index (κ3) is 2.03. The van der Waals surface area contributed by atoms with Crippen LogP contribution in [0.3, 0.4) is 0 Å². The van der Waals surface area contributed by atoms with E-state index in [9.17, 15) is 9.59 Å². The lowest BCUT2D eigenvalue weighted by Crippen LogP contribution is -2.57. The molecule has 1 unspecified atom stereocenters. The molecular weight excluding hydrogens is 256 g/mol. The van der Waals surface area contributed by atoms with E-state index in [-0.39, 0.29) is 17.9 Å². The van der Waals surface area contributed by atoms with Crippen LogP contribution >= 0.6 is 0 Å². The Morgan fingerprint density at radius 3 is 2.70 bits per heavy atom. The third-order valence-electron chi connectivity index (χ3n) is 4.40. The molecule has 2 heterocycles. The van der Waals surface area contributed by atoms with Crippen LogP contribution in [0, 0.1) is 11.8 Å². The number of carboxylic acid groups (broad SMARTS) is 1. The van der Waals surface area contributed by atoms with Crippen molar-refractivity contribution in [1.82, 2.24) is 4.90 Å². The van der Waals surface area contributed by atoms with Crippen molar-refractivity contribution in [3.8, 4) is 0 Å². The summed E-state index contributed by atoms with van der Waals surface area (Å²) >= 11 is 0. The highest BCUT2D eigenvalue weighted by Gasteiger charge is 2.40. The predicted molar refractivity (Wildman–Crippen MR) is 74.8 cm³/mol. The number of fused-ring (bicyclic) bond motifs is 1. The standard InChI is InChI=1S/C15H18N2O3/c1-10(14(18)19)12-8-16(9-12)15(20)17-7-6-11-4-2-3-5-13(11)17/h2-5,10,12H,6-9H2,1H3,(H,18,19). The highest BCUT2D eigenvalue weighted by atomic mass is 16.4. The van der Waals surface area contributed by atoms with Gasteiger partial charge in [0.25, 0.3) is 0 Å². The first-order chi connectivity index (χ1) is 9.58. The lowest BCUT2D eigenvalue weighted by molar-refractivity contribution is -0.144. The molecule has 2 amide bonds. The van der Waals surface area contributed by atoms with Gasteiger partial charge in [-0.3, -0.25) is 9.69 Å². The number of para-hydroxylation sites is 1. The van der Waals surface area contributed by atoms with Crippen molar-refractivity contribution >= 4 is 17.7 Å². The topological polar surface area (TPSA) is 60.9 Å². The number of aliphatic carboxylic acids is 1. The van der Waals surface area contributed by atoms with Gasteiger partial charge in [0.05, 0.1) is 5.92 Å². The first kappa shape index (κ1) is 13.0. The summed E-state index contributed by atoms with van der Waals surface area (Å²) in [7, 11) is 0. The molecule has 1 atom stereocenters. The Kier molecular flexibility index (Phi) is 3.12. The quantitative estimate of drug-likeness (QED) is 0.895. The van der Waals surface area contributed by atoms with Gasteiger partial charge in [0.15, 0.2) is 0 Å². The summed E-state index contributed by atoms with van der Waals surface area (Å²) < 4.78 is 0. The monoisotopic (exact) mass is 274 g/mol. The molecule has 5 nitrogen and oxygen atoms in total. The Morgan fingerprint density at radius 1 is 1.30 bits per heavy atom. The van der Waals surface area contributed by atoms with Crippen LogP contribution in [0.25, 0.3) is 0 Å². The van der Waals surface area contributed by atoms with Crippen LogP contribution in [0.15, 0.2) is 24.3 Å². The van der Waals surface area contributed by atoms with Crippen LogP contribution in [0.2, 0.25) is 0 Å². The maximum Gasteiger partial charge on any atom is 0.324 e. The molecule has 1 aromatic rings. The maximum absolute atomic E-state index is 12.4. The summed E-state index contributed by atoms with van der Waals surface area (Å²) in [6.45, 7) is 3.52. The second-order valence-electron chi connectivity index (χ2n) is 5.60. The van der Waals surface area contributed by atoms with Crippen LogP contribution in [0.5, 0.6) is 0 Å². The van der Waals surface area contributed by atoms with Gasteiger partial charge in [-0.2, -0.15) is 0 Å². The molecule has 2 aliphatic heterocycles. The summed E-state index contributed by atoms with van der Waals surface area (Å²) in [5.41, 5.74) is 2.20. The van der Waals surface area contributed by atoms with E-state index in [0.717, 1.165) is 12.1 Å². The minimum absolute atomic E-state index is 0.00351. The number of hydrogen-bond donors (Lipinski definition) is 1. The zero-order valence-corrected chi connectivity index (χ0v) is 11.5. The number of amides is 2. The summed E-state index contributed by atoms with van der Waals surface area (Å²) in [6.07, 6.45) is 0.894. The van der Waals surface area contributed by atoms with E-state index < -0.39 is 5.97 Å². The highest BCUT2D eigenvalue weighted by Crippen LogP contribution is 2.31. The fourth-order valence-electron chi connectivity index (χ4n) is 2.89. The molecule has 3 rings (SSSR count). The average molecular weight is 274 g/mol. The van der Waals surface area contributed by atoms with Gasteiger partial charge in [-0.15, -0.1) is 0 Å². The number of carbonyl (C=O) groups excluding carboxylic acids is 1. The molecule has 0 saturated carbocycles. The number of hydrogen-bond acceptors (Lipinski definition) is 2. The van der Waals surface area contributed by atoms with Gasteiger partial charge in [-0.1, -0.05) is 25.1 Å². The fourth-order valence-corrected chi connectivity index (χ4v) is 2.89. The Bertz CT molecular complexity index is 552. The lowest BCUT2D eigenvalue weighted by Gasteiger charge is -2.42. The van der Waals surface area contributed by atoms with Gasteiger partial charge in [0.2, 0.25) is 0 Å². The normalized spacial score (nSPS) is 19.4. The molecule has 0 aliphatic carbocycles. The lowest BCUT2D eigenvalue weighted by atomic mass is 9.87. The summed E-state index contributed by atoms with van der Waals surface area (Å²) in [5.74, 6) is -1.09. The van der Waals surface area contributed by atoms with Crippen molar-refractivity contribution in [3.05, 3.63) is 29.8 Å². The van der Waals surface area contributed by atoms with E-state index in [0.29, 0.717) is 19.6 Å². The fraction of sp³-hybridized carbons (Fsp3) is 0.467. The van der Waals surface area contributed by atoms with Gasteiger partial charge in [-0.05, 0) is 18.1 Å². The SMILES string of the molecule is CC(C(=O)O)C1CN(C(=O)N2CCc3ccccc32)C1. The molecule has 0 spiro atoms. The smallest absolute Gasteiger partial charge is 0.324 e. The molecule has 0 bridgehead atoms. The van der Waals surface area contributed by atoms with Gasteiger partial charge in [-0.25, -0.2) is 4.79 Å². The molecule has 1 fully saturated rings. The van der Waals surface area contributed by atoms with E-state index in [1.807, 2.05) is 24.3 Å². The molecule has 2 aliphatic rings. The van der Waals surface area contributed by atoms with Crippen molar-refractivity contribution < 1.29 is 14.7 Å². The molecular formula is C15H18N2O3. The largest absolute Gasteiger partial charge is 0.481 e. The van der Waals surface area contributed by atoms with Gasteiger partial charge in [0.1, 0.15) is 0 Å². The van der Waals surface area contributed by atoms with E-state index in [2.05, 4.69) is 0 Å². The minimum atomic E-state index is -0.784. The summed E-state index contributed by atoms with van der Waals surface area (Å²) in [5, 5.41) is 8.97. The Balaban J connectivity index is 1.64. The van der Waals surface area contributed by atoms with E-state index >= 15 is 0 Å². The Morgan fingerprint density at radius 2 is 2.00 bits per heavy atom. The minimum Gasteiger partial charge on any atom is -0.481 e. The van der Waals surface area contributed by atoms with Gasteiger partial charge >= 0.3 is 12.0 Å². The number of carboxylic acids is 1. The van der Waals surface area contributed by atoms with Crippen molar-refractivity contribution in [2.24, 2.45) is 11.8 Å². The van der Waals surface area contributed by atoms with E-state index in [1.54, 1.807) is 16.7 Å². The van der Waals surface area contributed by atoms with Crippen LogP contribution in [0.1, 0.15) is 12.5 Å². The zero-order chi connectivity index (χ0) is 14.3. The summed E-state index contributed by atoms with van der Waals surface area (Å²) in [6, 6.07) is 7.95. The van der Waals surface area contributed by atoms with Crippen molar-refractivity contribution in [1.29, 1.82) is 0 Å². The molecule has 1 aromatic carbocycles. The number of rotatable bonds is 2. The third-order valence-corrected chi connectivity index (χ3v) is 4.40. The van der Waals surface area contributed by atoms with Gasteiger partial charge < -0.3 is 10.0 Å². The van der Waals surface area contributed by atoms with Crippen LogP contribution in [0.4, 0.5) is 10.5 Å². The van der Waals surface area contributed by atoms with Gasteiger partial charge in [0, 0.05) is 31.2 Å². The average Bonchev–Trinajstić information content (AvgIpc) is 2.80. The molecule has 0 aromatic heterocycles. The first-order valence-corrected chi connectivity index (χ1v) is 6.95. The first-order valence-electron chi connectivity index (χ1n) is 6.95. The molecule has 5 heteroatoms. The molecule has 1 N–H and O–H groups in total. The Labute approximate surface area is 117 Å². The van der Waals surface area contributed by atoms with Crippen LogP contribution < -0.4 is 4.90 Å². The second-order valence-corrected chi connectivity index (χ2v) is 5.60. The van der Waals surface area contributed by atoms with Crippen molar-refractivity contribution in [3.63, 3.8) is 0 Å². The Hall–Kier alpha value is -2.04. The molecule has 20 heavy (non-hydrogen) atoms. The van der Waals surface area contributed by atoms with E-state index in [4.69, 9.17) is 5.11 Å². The maximum atomic E-state index is 12.4.